The summed E-state index contributed by atoms with van der Waals surface area (Å²) in [5, 5.41) is 1.32. The molecular formula is C9H14BrP. The topological polar surface area (TPSA) is 0 Å². The molecule has 1 rings (SSSR count). The van der Waals surface area contributed by atoms with E-state index in [1.54, 1.807) is 0 Å². The number of benzene rings is 1. The minimum atomic E-state index is 0. The van der Waals surface area contributed by atoms with Gasteiger partial charge in [-0.15, -0.1) is 26.2 Å². The SMILES string of the molecule is Br.CC(C)c1ccccc1P. The van der Waals surface area contributed by atoms with Crippen molar-refractivity contribution in [3.05, 3.63) is 29.8 Å². The third kappa shape index (κ3) is 2.92. The Hall–Kier alpha value is 0.130. The van der Waals surface area contributed by atoms with Crippen molar-refractivity contribution in [2.45, 2.75) is 19.8 Å². The maximum absolute atomic E-state index is 2.76. The maximum atomic E-state index is 2.76. The van der Waals surface area contributed by atoms with Gasteiger partial charge in [0.1, 0.15) is 0 Å². The first-order valence-electron chi connectivity index (χ1n) is 3.56. The minimum absolute atomic E-state index is 0. The van der Waals surface area contributed by atoms with Crippen molar-refractivity contribution in [3.63, 3.8) is 0 Å². The molecule has 0 aliphatic carbocycles. The molecule has 0 spiro atoms. The molecule has 0 saturated heterocycles. The van der Waals surface area contributed by atoms with Crippen LogP contribution in [0.15, 0.2) is 24.3 Å². The van der Waals surface area contributed by atoms with E-state index in [1.165, 1.54) is 10.9 Å². The van der Waals surface area contributed by atoms with E-state index in [9.17, 15) is 0 Å². The predicted molar refractivity (Wildman–Crippen MR) is 60.2 cm³/mol. The highest BCUT2D eigenvalue weighted by Crippen LogP contribution is 2.12. The van der Waals surface area contributed by atoms with Crippen LogP contribution in [-0.4, -0.2) is 0 Å². The van der Waals surface area contributed by atoms with E-state index in [0.717, 1.165) is 0 Å². The Morgan fingerprint density at radius 3 is 2.09 bits per heavy atom. The Morgan fingerprint density at radius 1 is 1.18 bits per heavy atom. The molecule has 0 heterocycles. The molecule has 0 aromatic heterocycles. The van der Waals surface area contributed by atoms with Gasteiger partial charge in [0.2, 0.25) is 0 Å². The first-order chi connectivity index (χ1) is 4.72. The zero-order valence-corrected chi connectivity index (χ0v) is 9.74. The quantitative estimate of drug-likeness (QED) is 0.654. The van der Waals surface area contributed by atoms with Crippen LogP contribution in [0.2, 0.25) is 0 Å². The van der Waals surface area contributed by atoms with Crippen LogP contribution in [0.25, 0.3) is 0 Å². The summed E-state index contributed by atoms with van der Waals surface area (Å²) in [6, 6.07) is 8.45. The Bertz CT molecular complexity index is 221. The number of hydrogen-bond acceptors (Lipinski definition) is 0. The van der Waals surface area contributed by atoms with Gasteiger partial charge in [-0.05, 0) is 16.8 Å². The molecule has 1 atom stereocenters. The van der Waals surface area contributed by atoms with Crippen LogP contribution < -0.4 is 5.30 Å². The molecule has 0 radical (unpaired) electrons. The lowest BCUT2D eigenvalue weighted by molar-refractivity contribution is 0.874. The fourth-order valence-corrected chi connectivity index (χ4v) is 1.58. The molecule has 2 heteroatoms. The standard InChI is InChI=1S/C9H13P.BrH/c1-7(2)8-5-3-4-6-9(8)10;/h3-7H,10H2,1-2H3;1H. The largest absolute Gasteiger partial charge is 0.114 e. The molecule has 0 amide bonds. The highest BCUT2D eigenvalue weighted by atomic mass is 79.9. The molecule has 1 unspecified atom stereocenters. The Morgan fingerprint density at radius 2 is 1.73 bits per heavy atom. The van der Waals surface area contributed by atoms with Crippen LogP contribution >= 0.6 is 26.2 Å². The Balaban J connectivity index is 0.000001000. The van der Waals surface area contributed by atoms with Gasteiger partial charge in [-0.25, -0.2) is 0 Å². The van der Waals surface area contributed by atoms with E-state index in [4.69, 9.17) is 0 Å². The smallest absolute Gasteiger partial charge is 0.0213 e. The number of rotatable bonds is 1. The lowest BCUT2D eigenvalue weighted by Gasteiger charge is -2.07. The zero-order chi connectivity index (χ0) is 7.56. The van der Waals surface area contributed by atoms with E-state index in [1.807, 2.05) is 0 Å². The molecule has 0 aliphatic heterocycles. The summed E-state index contributed by atoms with van der Waals surface area (Å²) >= 11 is 0. The van der Waals surface area contributed by atoms with Crippen molar-refractivity contribution < 1.29 is 0 Å². The fraction of sp³-hybridized carbons (Fsp3) is 0.333. The third-order valence-corrected chi connectivity index (χ3v) is 2.14. The lowest BCUT2D eigenvalue weighted by Crippen LogP contribution is -2.01. The zero-order valence-electron chi connectivity index (χ0n) is 6.87. The number of halogens is 1. The average molecular weight is 233 g/mol. The van der Waals surface area contributed by atoms with Crippen LogP contribution in [-0.2, 0) is 0 Å². The normalized spacial score (nSPS) is 9.45. The molecule has 0 fully saturated rings. The summed E-state index contributed by atoms with van der Waals surface area (Å²) in [6.07, 6.45) is 0. The Kier molecular flexibility index (Phi) is 4.96. The summed E-state index contributed by atoms with van der Waals surface area (Å²) in [5.41, 5.74) is 1.42. The summed E-state index contributed by atoms with van der Waals surface area (Å²) in [4.78, 5) is 0. The van der Waals surface area contributed by atoms with Gasteiger partial charge < -0.3 is 0 Å². The molecular weight excluding hydrogens is 219 g/mol. The maximum Gasteiger partial charge on any atom is -0.0213 e. The second-order valence-corrected chi connectivity index (χ2v) is 3.41. The van der Waals surface area contributed by atoms with Crippen LogP contribution in [0.3, 0.4) is 0 Å². The molecule has 11 heavy (non-hydrogen) atoms. The summed E-state index contributed by atoms with van der Waals surface area (Å²) in [5.74, 6) is 0.633. The second-order valence-electron chi connectivity index (χ2n) is 2.78. The van der Waals surface area contributed by atoms with Gasteiger partial charge >= 0.3 is 0 Å². The lowest BCUT2D eigenvalue weighted by atomic mass is 10.0. The van der Waals surface area contributed by atoms with Crippen molar-refractivity contribution in [3.8, 4) is 0 Å². The van der Waals surface area contributed by atoms with Gasteiger partial charge in [0.05, 0.1) is 0 Å². The van der Waals surface area contributed by atoms with Gasteiger partial charge in [-0.2, -0.15) is 0 Å². The first kappa shape index (κ1) is 11.1. The van der Waals surface area contributed by atoms with Gasteiger partial charge in [0.25, 0.3) is 0 Å². The predicted octanol–water partition coefficient (Wildman–Crippen LogP) is 2.89. The van der Waals surface area contributed by atoms with E-state index >= 15 is 0 Å². The molecule has 1 aromatic rings. The molecule has 0 saturated carbocycles. The average Bonchev–Trinajstić information content (AvgIpc) is 1.88. The summed E-state index contributed by atoms with van der Waals surface area (Å²) < 4.78 is 0. The van der Waals surface area contributed by atoms with Crippen molar-refractivity contribution in [1.29, 1.82) is 0 Å². The van der Waals surface area contributed by atoms with Crippen LogP contribution in [0.4, 0.5) is 0 Å². The second kappa shape index (κ2) is 4.90. The highest BCUT2D eigenvalue weighted by molar-refractivity contribution is 8.93. The molecule has 0 N–H and O–H groups in total. The fourth-order valence-electron chi connectivity index (χ4n) is 1.04. The van der Waals surface area contributed by atoms with Crippen LogP contribution in [0.5, 0.6) is 0 Å². The number of hydrogen-bond donors (Lipinski definition) is 0. The van der Waals surface area contributed by atoms with E-state index in [0.29, 0.717) is 5.92 Å². The van der Waals surface area contributed by atoms with Crippen LogP contribution in [0, 0.1) is 0 Å². The molecule has 1 aromatic carbocycles. The van der Waals surface area contributed by atoms with Gasteiger partial charge in [0.15, 0.2) is 0 Å². The molecule has 0 bridgehead atoms. The van der Waals surface area contributed by atoms with Crippen molar-refractivity contribution in [2.24, 2.45) is 0 Å². The molecule has 0 nitrogen and oxygen atoms in total. The summed E-state index contributed by atoms with van der Waals surface area (Å²) in [6.45, 7) is 4.42. The van der Waals surface area contributed by atoms with Crippen molar-refractivity contribution in [2.75, 3.05) is 0 Å². The first-order valence-corrected chi connectivity index (χ1v) is 4.14. The van der Waals surface area contributed by atoms with Crippen molar-refractivity contribution >= 4 is 31.5 Å². The van der Waals surface area contributed by atoms with Crippen molar-refractivity contribution in [1.82, 2.24) is 0 Å². The monoisotopic (exact) mass is 232 g/mol. The van der Waals surface area contributed by atoms with Gasteiger partial charge in [-0.3, -0.25) is 0 Å². The van der Waals surface area contributed by atoms with Crippen LogP contribution in [0.1, 0.15) is 25.3 Å². The van der Waals surface area contributed by atoms with Gasteiger partial charge in [0, 0.05) is 0 Å². The molecule has 0 aliphatic rings. The van der Waals surface area contributed by atoms with E-state index in [-0.39, 0.29) is 17.0 Å². The Labute approximate surface area is 81.4 Å². The van der Waals surface area contributed by atoms with Gasteiger partial charge in [-0.1, -0.05) is 38.1 Å². The third-order valence-electron chi connectivity index (χ3n) is 1.62. The minimum Gasteiger partial charge on any atom is -0.114 e. The highest BCUT2D eigenvalue weighted by Gasteiger charge is 1.99. The van der Waals surface area contributed by atoms with E-state index < -0.39 is 0 Å². The molecule has 62 valence electrons. The van der Waals surface area contributed by atoms with E-state index in [2.05, 4.69) is 47.4 Å². The summed E-state index contributed by atoms with van der Waals surface area (Å²) in [7, 11) is 2.76.